The molecular weight excluding hydrogens is 266 g/mol. The minimum atomic E-state index is -0.469. The van der Waals surface area contributed by atoms with Crippen LogP contribution in [0.15, 0.2) is 24.3 Å². The predicted octanol–water partition coefficient (Wildman–Crippen LogP) is 3.04. The molecule has 1 aromatic rings. The Kier molecular flexibility index (Phi) is 5.62. The van der Waals surface area contributed by atoms with Gasteiger partial charge in [0, 0.05) is 6.54 Å². The van der Waals surface area contributed by atoms with E-state index in [9.17, 15) is 4.79 Å². The van der Waals surface area contributed by atoms with Crippen molar-refractivity contribution in [3.8, 4) is 5.75 Å². The number of hydrogen-bond donors (Lipinski definition) is 1. The third-order valence-electron chi connectivity index (χ3n) is 4.41. The summed E-state index contributed by atoms with van der Waals surface area (Å²) in [7, 11) is 1.63. The van der Waals surface area contributed by atoms with Crippen molar-refractivity contribution < 1.29 is 14.3 Å². The van der Waals surface area contributed by atoms with E-state index in [0.29, 0.717) is 13.2 Å². The van der Waals surface area contributed by atoms with Gasteiger partial charge in [0.25, 0.3) is 0 Å². The van der Waals surface area contributed by atoms with Gasteiger partial charge in [-0.15, -0.1) is 0 Å². The van der Waals surface area contributed by atoms with Crippen molar-refractivity contribution in [2.45, 2.75) is 45.1 Å². The number of carbonyl (C=O) groups excluding carboxylic acids is 1. The van der Waals surface area contributed by atoms with Crippen LogP contribution in [0, 0.1) is 5.41 Å². The maximum Gasteiger partial charge on any atom is 0.313 e. The summed E-state index contributed by atoms with van der Waals surface area (Å²) in [4.78, 5) is 12.5. The molecular formula is C17H25NO3. The van der Waals surface area contributed by atoms with Gasteiger partial charge < -0.3 is 15.2 Å². The Morgan fingerprint density at radius 1 is 1.14 bits per heavy atom. The molecule has 2 rings (SSSR count). The molecule has 4 nitrogen and oxygen atoms in total. The van der Waals surface area contributed by atoms with E-state index in [0.717, 1.165) is 37.0 Å². The molecule has 0 aromatic heterocycles. The van der Waals surface area contributed by atoms with Crippen LogP contribution in [0.4, 0.5) is 0 Å². The quantitative estimate of drug-likeness (QED) is 0.669. The van der Waals surface area contributed by atoms with E-state index in [1.807, 2.05) is 24.3 Å². The Bertz CT molecular complexity index is 448. The lowest BCUT2D eigenvalue weighted by molar-refractivity contribution is -0.157. The van der Waals surface area contributed by atoms with Gasteiger partial charge in [0.15, 0.2) is 0 Å². The van der Waals surface area contributed by atoms with Crippen LogP contribution in [-0.2, 0) is 16.1 Å². The van der Waals surface area contributed by atoms with Crippen molar-refractivity contribution in [2.75, 3.05) is 13.7 Å². The van der Waals surface area contributed by atoms with Crippen LogP contribution in [0.3, 0.4) is 0 Å². The highest BCUT2D eigenvalue weighted by Crippen LogP contribution is 2.35. The van der Waals surface area contributed by atoms with Gasteiger partial charge in [0.05, 0.1) is 12.5 Å². The first-order chi connectivity index (χ1) is 10.2. The highest BCUT2D eigenvalue weighted by molar-refractivity contribution is 5.77. The van der Waals surface area contributed by atoms with Crippen molar-refractivity contribution in [1.29, 1.82) is 0 Å². The monoisotopic (exact) mass is 291 g/mol. The van der Waals surface area contributed by atoms with Gasteiger partial charge in [-0.3, -0.25) is 4.79 Å². The third-order valence-corrected chi connectivity index (χ3v) is 4.41. The number of esters is 1. The van der Waals surface area contributed by atoms with Crippen LogP contribution in [0.25, 0.3) is 0 Å². The highest BCUT2D eigenvalue weighted by Gasteiger charge is 2.38. The average molecular weight is 291 g/mol. The maximum atomic E-state index is 12.5. The summed E-state index contributed by atoms with van der Waals surface area (Å²) in [6.45, 7) is 0.680. The van der Waals surface area contributed by atoms with Gasteiger partial charge in [-0.25, -0.2) is 0 Å². The molecule has 1 aromatic carbocycles. The number of benzene rings is 1. The topological polar surface area (TPSA) is 61.5 Å². The Balaban J connectivity index is 1.95. The number of hydrogen-bond acceptors (Lipinski definition) is 4. The Morgan fingerprint density at radius 3 is 2.29 bits per heavy atom. The first kappa shape index (κ1) is 15.8. The van der Waals surface area contributed by atoms with E-state index in [-0.39, 0.29) is 5.97 Å². The smallest absolute Gasteiger partial charge is 0.313 e. The molecule has 1 aliphatic carbocycles. The lowest BCUT2D eigenvalue weighted by atomic mass is 9.80. The molecule has 0 radical (unpaired) electrons. The Labute approximate surface area is 126 Å². The molecule has 1 saturated carbocycles. The predicted molar refractivity (Wildman–Crippen MR) is 82.0 cm³/mol. The molecule has 0 bridgehead atoms. The third kappa shape index (κ3) is 3.97. The Morgan fingerprint density at radius 2 is 1.76 bits per heavy atom. The van der Waals surface area contributed by atoms with Crippen molar-refractivity contribution in [1.82, 2.24) is 0 Å². The summed E-state index contributed by atoms with van der Waals surface area (Å²) in [6.07, 6.45) is 6.21. The molecule has 4 heteroatoms. The summed E-state index contributed by atoms with van der Waals surface area (Å²) in [5, 5.41) is 0. The van der Waals surface area contributed by atoms with Gasteiger partial charge in [-0.1, -0.05) is 37.8 Å². The molecule has 0 saturated heterocycles. The lowest BCUT2D eigenvalue weighted by Crippen LogP contribution is -2.39. The fraction of sp³-hybridized carbons (Fsp3) is 0.588. The van der Waals surface area contributed by atoms with E-state index in [1.54, 1.807) is 7.11 Å². The van der Waals surface area contributed by atoms with Crippen molar-refractivity contribution in [2.24, 2.45) is 11.1 Å². The van der Waals surface area contributed by atoms with Crippen LogP contribution >= 0.6 is 0 Å². The van der Waals surface area contributed by atoms with Crippen LogP contribution in [0.2, 0.25) is 0 Å². The number of nitrogens with two attached hydrogens (primary N) is 1. The molecule has 0 heterocycles. The molecule has 116 valence electrons. The number of methoxy groups -OCH3 is 1. The van der Waals surface area contributed by atoms with Crippen LogP contribution in [0.5, 0.6) is 5.75 Å². The largest absolute Gasteiger partial charge is 0.497 e. The summed E-state index contributed by atoms with van der Waals surface area (Å²) in [6, 6.07) is 7.56. The summed E-state index contributed by atoms with van der Waals surface area (Å²) in [5.41, 5.74) is 6.39. The van der Waals surface area contributed by atoms with Crippen molar-refractivity contribution in [3.05, 3.63) is 29.8 Å². The minimum Gasteiger partial charge on any atom is -0.497 e. The average Bonchev–Trinajstić information content (AvgIpc) is 2.79. The van der Waals surface area contributed by atoms with Crippen LogP contribution in [0.1, 0.15) is 44.1 Å². The molecule has 0 spiro atoms. The van der Waals surface area contributed by atoms with E-state index in [1.165, 1.54) is 12.8 Å². The number of rotatable bonds is 5. The summed E-state index contributed by atoms with van der Waals surface area (Å²) >= 11 is 0. The second kappa shape index (κ2) is 7.46. The second-order valence-electron chi connectivity index (χ2n) is 5.82. The van der Waals surface area contributed by atoms with E-state index in [2.05, 4.69) is 0 Å². The van der Waals surface area contributed by atoms with E-state index >= 15 is 0 Å². The zero-order valence-electron chi connectivity index (χ0n) is 12.8. The zero-order valence-corrected chi connectivity index (χ0v) is 12.8. The molecule has 1 aliphatic rings. The molecule has 0 unspecified atom stereocenters. The van der Waals surface area contributed by atoms with Crippen molar-refractivity contribution >= 4 is 5.97 Å². The van der Waals surface area contributed by atoms with E-state index < -0.39 is 5.41 Å². The highest BCUT2D eigenvalue weighted by atomic mass is 16.5. The number of carbonyl (C=O) groups is 1. The molecule has 0 atom stereocenters. The standard InChI is InChI=1S/C17H25NO3/c1-20-15-8-6-14(7-9-15)12-21-16(19)17(13-18)10-4-2-3-5-11-17/h6-9H,2-5,10-13,18H2,1H3. The van der Waals surface area contributed by atoms with E-state index in [4.69, 9.17) is 15.2 Å². The molecule has 2 N–H and O–H groups in total. The minimum absolute atomic E-state index is 0.136. The van der Waals surface area contributed by atoms with Gasteiger partial charge in [0.2, 0.25) is 0 Å². The Hall–Kier alpha value is -1.55. The second-order valence-corrected chi connectivity index (χ2v) is 5.82. The zero-order chi connectivity index (χ0) is 15.1. The fourth-order valence-corrected chi connectivity index (χ4v) is 2.92. The van der Waals surface area contributed by atoms with Crippen LogP contribution < -0.4 is 10.5 Å². The van der Waals surface area contributed by atoms with Crippen molar-refractivity contribution in [3.63, 3.8) is 0 Å². The van der Waals surface area contributed by atoms with Gasteiger partial charge in [0.1, 0.15) is 12.4 Å². The van der Waals surface area contributed by atoms with Gasteiger partial charge in [-0.05, 0) is 30.5 Å². The van der Waals surface area contributed by atoms with Crippen LogP contribution in [-0.4, -0.2) is 19.6 Å². The lowest BCUT2D eigenvalue weighted by Gasteiger charge is -2.28. The number of ether oxygens (including phenoxy) is 2. The SMILES string of the molecule is COc1ccc(COC(=O)C2(CN)CCCCCC2)cc1. The van der Waals surface area contributed by atoms with Gasteiger partial charge in [-0.2, -0.15) is 0 Å². The molecule has 0 amide bonds. The van der Waals surface area contributed by atoms with Gasteiger partial charge >= 0.3 is 5.97 Å². The molecule has 1 fully saturated rings. The summed E-state index contributed by atoms with van der Waals surface area (Å²) < 4.78 is 10.6. The first-order valence-electron chi connectivity index (χ1n) is 7.70. The normalized spacial score (nSPS) is 17.8. The molecule has 0 aliphatic heterocycles. The fourth-order valence-electron chi connectivity index (χ4n) is 2.92. The molecule has 21 heavy (non-hydrogen) atoms. The first-order valence-corrected chi connectivity index (χ1v) is 7.70. The summed E-state index contributed by atoms with van der Waals surface area (Å²) in [5.74, 6) is 0.662. The maximum absolute atomic E-state index is 12.5.